The minimum Gasteiger partial charge on any atom is -0.451 e. The molecule has 3 amide bonds. The molecule has 10 nitrogen and oxygen atoms in total. The molecule has 164 valence electrons. The number of aryl methyl sites for hydroxylation is 3. The lowest BCUT2D eigenvalue weighted by Gasteiger charge is -2.10. The number of anilines is 1. The molecule has 0 aliphatic heterocycles. The number of carbonyl (C=O) groups excluding carboxylic acids is 3. The van der Waals surface area contributed by atoms with Crippen molar-refractivity contribution < 1.29 is 19.1 Å². The number of aromatic nitrogens is 4. The Morgan fingerprint density at radius 2 is 1.78 bits per heavy atom. The van der Waals surface area contributed by atoms with E-state index in [9.17, 15) is 14.4 Å². The van der Waals surface area contributed by atoms with Crippen LogP contribution < -0.4 is 10.6 Å². The van der Waals surface area contributed by atoms with Gasteiger partial charge in [0.15, 0.2) is 18.1 Å². The van der Waals surface area contributed by atoms with Crippen LogP contribution in [0.2, 0.25) is 0 Å². The third kappa shape index (κ3) is 5.85. The number of ether oxygens (including phenoxy) is 1. The summed E-state index contributed by atoms with van der Waals surface area (Å²) in [5.41, 5.74) is 3.35. The summed E-state index contributed by atoms with van der Waals surface area (Å²) in [6.45, 7) is 4.83. The molecule has 0 aliphatic rings. The molecule has 1 aromatic heterocycles. The van der Waals surface area contributed by atoms with Gasteiger partial charge in [-0.25, -0.2) is 9.59 Å². The van der Waals surface area contributed by atoms with Crippen LogP contribution in [0.3, 0.4) is 0 Å². The van der Waals surface area contributed by atoms with Crippen molar-refractivity contribution in [3.05, 3.63) is 71.0 Å². The molecule has 3 rings (SSSR count). The number of hydrogen-bond acceptors (Lipinski definition) is 7. The first kappa shape index (κ1) is 22.3. The molecule has 0 spiro atoms. The predicted molar refractivity (Wildman–Crippen MR) is 117 cm³/mol. The zero-order valence-corrected chi connectivity index (χ0v) is 17.8. The van der Waals surface area contributed by atoms with E-state index in [4.69, 9.17) is 4.74 Å². The Labute approximate surface area is 184 Å². The van der Waals surface area contributed by atoms with Crippen LogP contribution in [0.5, 0.6) is 0 Å². The number of carbonyl (C=O) groups is 3. The van der Waals surface area contributed by atoms with E-state index in [0.29, 0.717) is 17.1 Å². The van der Waals surface area contributed by atoms with E-state index in [-0.39, 0.29) is 5.70 Å². The Balaban J connectivity index is 1.62. The fourth-order valence-corrected chi connectivity index (χ4v) is 2.72. The molecule has 32 heavy (non-hydrogen) atoms. The molecule has 2 N–H and O–H groups in total. The summed E-state index contributed by atoms with van der Waals surface area (Å²) >= 11 is 0. The van der Waals surface area contributed by atoms with Crippen molar-refractivity contribution in [3.8, 4) is 0 Å². The number of hydrogen-bond donors (Lipinski definition) is 2. The van der Waals surface area contributed by atoms with Gasteiger partial charge in [0.2, 0.25) is 0 Å². The predicted octanol–water partition coefficient (Wildman–Crippen LogP) is 2.49. The normalized spacial score (nSPS) is 11.0. The molecule has 0 unspecified atom stereocenters. The second kappa shape index (κ2) is 10.1. The molecule has 1 heterocycles. The average Bonchev–Trinajstić information content (AvgIpc) is 3.19. The van der Waals surface area contributed by atoms with E-state index >= 15 is 0 Å². The number of tetrazole rings is 1. The number of benzene rings is 2. The summed E-state index contributed by atoms with van der Waals surface area (Å²) in [5, 5.41) is 15.8. The number of imide groups is 1. The van der Waals surface area contributed by atoms with Gasteiger partial charge in [-0.2, -0.15) is 4.68 Å². The molecule has 0 saturated heterocycles. The highest BCUT2D eigenvalue weighted by Crippen LogP contribution is 2.15. The maximum absolute atomic E-state index is 12.7. The topological polar surface area (TPSA) is 128 Å². The first-order valence-corrected chi connectivity index (χ1v) is 9.71. The van der Waals surface area contributed by atoms with Crippen molar-refractivity contribution in [1.29, 1.82) is 0 Å². The minimum absolute atomic E-state index is 0.0195. The van der Waals surface area contributed by atoms with Gasteiger partial charge in [-0.1, -0.05) is 36.4 Å². The molecule has 0 fully saturated rings. The van der Waals surface area contributed by atoms with E-state index in [1.807, 2.05) is 38.1 Å². The van der Waals surface area contributed by atoms with Gasteiger partial charge in [0.05, 0.1) is 0 Å². The Kier molecular flexibility index (Phi) is 7.06. The SMILES string of the molecule is Cc1ccc(NC(=O)NC(=O)COC(=O)/C(=C/c2ccccc2)n2nnnc2C)cc1C. The molecule has 0 saturated carbocycles. The fourth-order valence-electron chi connectivity index (χ4n) is 2.72. The number of urea groups is 1. The van der Waals surface area contributed by atoms with Gasteiger partial charge in [0.1, 0.15) is 0 Å². The van der Waals surface area contributed by atoms with E-state index in [0.717, 1.165) is 11.1 Å². The first-order valence-electron chi connectivity index (χ1n) is 9.71. The lowest BCUT2D eigenvalue weighted by Crippen LogP contribution is -2.37. The zero-order valence-electron chi connectivity index (χ0n) is 17.8. The average molecular weight is 434 g/mol. The smallest absolute Gasteiger partial charge is 0.357 e. The second-order valence-corrected chi connectivity index (χ2v) is 6.96. The number of nitrogens with one attached hydrogen (secondary N) is 2. The summed E-state index contributed by atoms with van der Waals surface area (Å²) in [5.74, 6) is -1.25. The van der Waals surface area contributed by atoms with Gasteiger partial charge in [-0.15, -0.1) is 5.10 Å². The van der Waals surface area contributed by atoms with Gasteiger partial charge in [-0.3, -0.25) is 10.1 Å². The maximum atomic E-state index is 12.7. The lowest BCUT2D eigenvalue weighted by atomic mass is 10.1. The Morgan fingerprint density at radius 1 is 1.03 bits per heavy atom. The van der Waals surface area contributed by atoms with Gasteiger partial charge < -0.3 is 10.1 Å². The van der Waals surface area contributed by atoms with Crippen molar-refractivity contribution >= 4 is 35.4 Å². The molecule has 10 heteroatoms. The first-order chi connectivity index (χ1) is 15.3. The summed E-state index contributed by atoms with van der Waals surface area (Å²) < 4.78 is 6.30. The summed E-state index contributed by atoms with van der Waals surface area (Å²) in [6.07, 6.45) is 1.54. The Morgan fingerprint density at radius 3 is 2.44 bits per heavy atom. The zero-order chi connectivity index (χ0) is 23.1. The highest BCUT2D eigenvalue weighted by atomic mass is 16.5. The summed E-state index contributed by atoms with van der Waals surface area (Å²) in [7, 11) is 0. The third-order valence-corrected chi connectivity index (χ3v) is 4.52. The molecular formula is C22H22N6O4. The molecule has 0 aliphatic carbocycles. The van der Waals surface area contributed by atoms with Crippen LogP contribution in [0.15, 0.2) is 48.5 Å². The van der Waals surface area contributed by atoms with Crippen LogP contribution in [0.25, 0.3) is 11.8 Å². The molecule has 3 aromatic rings. The van der Waals surface area contributed by atoms with Crippen molar-refractivity contribution in [2.45, 2.75) is 20.8 Å². The summed E-state index contributed by atoms with van der Waals surface area (Å²) in [6, 6.07) is 13.7. The van der Waals surface area contributed by atoms with E-state index in [1.54, 1.807) is 31.2 Å². The van der Waals surface area contributed by atoms with Gasteiger partial charge in [0, 0.05) is 5.69 Å². The standard InChI is InChI=1S/C22H22N6O4/c1-14-9-10-18(11-15(14)2)23-22(31)24-20(29)13-32-21(30)19(28-16(3)25-26-27-28)12-17-7-5-4-6-8-17/h4-12H,13H2,1-3H3,(H2,23,24,29,31)/b19-12-. The Bertz CT molecular complexity index is 1170. The van der Waals surface area contributed by atoms with Crippen LogP contribution in [-0.2, 0) is 14.3 Å². The van der Waals surface area contributed by atoms with Crippen LogP contribution in [0.4, 0.5) is 10.5 Å². The molecule has 0 radical (unpaired) electrons. The van der Waals surface area contributed by atoms with Crippen molar-refractivity contribution in [1.82, 2.24) is 25.5 Å². The molecular weight excluding hydrogens is 412 g/mol. The van der Waals surface area contributed by atoms with Gasteiger partial charge in [0.25, 0.3) is 5.91 Å². The number of nitrogens with zero attached hydrogens (tertiary/aromatic N) is 4. The van der Waals surface area contributed by atoms with Crippen molar-refractivity contribution in [2.75, 3.05) is 11.9 Å². The Hall–Kier alpha value is -4.34. The number of rotatable bonds is 6. The number of amides is 3. The van der Waals surface area contributed by atoms with E-state index < -0.39 is 24.5 Å². The highest BCUT2D eigenvalue weighted by Gasteiger charge is 2.19. The van der Waals surface area contributed by atoms with E-state index in [2.05, 4.69) is 26.2 Å². The lowest BCUT2D eigenvalue weighted by molar-refractivity contribution is -0.142. The van der Waals surface area contributed by atoms with Crippen LogP contribution in [-0.4, -0.2) is 44.7 Å². The van der Waals surface area contributed by atoms with Crippen LogP contribution in [0.1, 0.15) is 22.5 Å². The van der Waals surface area contributed by atoms with Crippen LogP contribution in [0, 0.1) is 20.8 Å². The van der Waals surface area contributed by atoms with Crippen molar-refractivity contribution in [3.63, 3.8) is 0 Å². The third-order valence-electron chi connectivity index (χ3n) is 4.52. The molecule has 2 aromatic carbocycles. The van der Waals surface area contributed by atoms with Crippen molar-refractivity contribution in [2.24, 2.45) is 0 Å². The largest absolute Gasteiger partial charge is 0.451 e. The fraction of sp³-hybridized carbons (Fsp3) is 0.182. The number of esters is 1. The summed E-state index contributed by atoms with van der Waals surface area (Å²) in [4.78, 5) is 36.8. The quantitative estimate of drug-likeness (QED) is 0.450. The molecule has 0 bridgehead atoms. The highest BCUT2D eigenvalue weighted by molar-refractivity contribution is 6.15. The van der Waals surface area contributed by atoms with Gasteiger partial charge >= 0.3 is 12.0 Å². The van der Waals surface area contributed by atoms with E-state index in [1.165, 1.54) is 10.8 Å². The van der Waals surface area contributed by atoms with Gasteiger partial charge in [-0.05, 0) is 66.1 Å². The van der Waals surface area contributed by atoms with Crippen LogP contribution >= 0.6 is 0 Å². The molecule has 0 atom stereocenters. The second-order valence-electron chi connectivity index (χ2n) is 6.96. The minimum atomic E-state index is -0.825. The maximum Gasteiger partial charge on any atom is 0.357 e. The monoisotopic (exact) mass is 434 g/mol.